The largest absolute Gasteiger partial charge is 0.490 e. The van der Waals surface area contributed by atoms with E-state index in [0.717, 1.165) is 21.7 Å². The highest BCUT2D eigenvalue weighted by Gasteiger charge is 2.47. The predicted octanol–water partition coefficient (Wildman–Crippen LogP) is 5.19. The molecular weight excluding hydrogens is 1200 g/mol. The Balaban J connectivity index is 0.852. The number of nitrogens with one attached hydrogen (secondary N) is 5. The molecule has 0 radical (unpaired) electrons. The van der Waals surface area contributed by atoms with Gasteiger partial charge in [0.1, 0.15) is 42.2 Å². The van der Waals surface area contributed by atoms with Crippen LogP contribution in [0.5, 0.6) is 5.75 Å². The molecule has 0 bridgehead atoms. The highest BCUT2D eigenvalue weighted by molar-refractivity contribution is 7.70. The number of hydrogen-bond donors (Lipinski definition) is 9. The van der Waals surface area contributed by atoms with Crippen molar-refractivity contribution in [3.63, 3.8) is 0 Å². The number of β-amino-alcohol motifs (C(OH)–C–C–N with tert-alkyl or cyclic N) is 1. The SMILES string of the molecule is CC(=O)N1CC[C@H]2CC[C@@H](C(=O)N[C@@H](CCC(N)=O)COc3cccc(CCCCC(=O)N[C@H](C(=O)N4C[C@H](O)C[C@H]4C(=O)N[C@@H](C)c4ccc(-c5scnc5C)cc4)C(C)(C)C)c3Cl)N2C(=O)C(NC(=O)c2cc3cc(C(=O)P(=O)(O)O)ccc3[nH]2)C1. The average Bonchev–Trinajstić information content (AvgIpc) is 4.22. The first kappa shape index (κ1) is 66.4. The molecule has 27 heteroatoms. The van der Waals surface area contributed by atoms with E-state index in [-0.39, 0.29) is 97.6 Å². The molecule has 8 amide bonds. The number of likely N-dealkylation sites (tertiary alicyclic amines) is 1. The van der Waals surface area contributed by atoms with E-state index in [1.165, 1.54) is 45.9 Å². The number of aliphatic hydroxyl groups is 1. The van der Waals surface area contributed by atoms with Crippen molar-refractivity contribution < 1.29 is 67.3 Å². The predicted molar refractivity (Wildman–Crippen MR) is 328 cm³/mol. The second kappa shape index (κ2) is 28.3. The maximum atomic E-state index is 14.6. The number of halogens is 1. The molecule has 472 valence electrons. The molecule has 5 aromatic rings. The number of aromatic nitrogens is 2. The number of fused-ring (bicyclic) bond motifs is 2. The number of aromatic amines is 1. The van der Waals surface area contributed by atoms with E-state index < -0.39 is 102 Å². The van der Waals surface area contributed by atoms with E-state index in [0.29, 0.717) is 43.2 Å². The lowest BCUT2D eigenvalue weighted by Gasteiger charge is -2.38. The number of unbranched alkanes of at least 4 members (excludes halogenated alkanes) is 1. The van der Waals surface area contributed by atoms with Gasteiger partial charge in [0.25, 0.3) is 11.4 Å². The third-order valence-corrected chi connectivity index (χ3v) is 18.5. The number of thiazole rings is 1. The van der Waals surface area contributed by atoms with Crippen molar-refractivity contribution in [3.05, 3.63) is 105 Å². The van der Waals surface area contributed by atoms with Crippen LogP contribution in [0.4, 0.5) is 0 Å². The van der Waals surface area contributed by atoms with Crippen molar-refractivity contribution in [3.8, 4) is 16.2 Å². The second-order valence-corrected chi connectivity index (χ2v) is 26.7. The molecule has 8 atom stereocenters. The van der Waals surface area contributed by atoms with Crippen LogP contribution in [-0.4, -0.2) is 161 Å². The number of aliphatic hydroxyl groups excluding tert-OH is 1. The van der Waals surface area contributed by atoms with Gasteiger partial charge in [-0.2, -0.15) is 0 Å². The summed E-state index contributed by atoms with van der Waals surface area (Å²) in [5.41, 5.74) is 8.74. The zero-order valence-corrected chi connectivity index (χ0v) is 52.3. The molecule has 3 aliphatic rings. The summed E-state index contributed by atoms with van der Waals surface area (Å²) in [6.07, 6.45) is 1.49. The molecule has 3 aliphatic heterocycles. The molecule has 2 aromatic heterocycles. The summed E-state index contributed by atoms with van der Waals surface area (Å²) in [4.78, 5) is 153. The van der Waals surface area contributed by atoms with Crippen LogP contribution in [0.2, 0.25) is 5.02 Å². The molecule has 0 saturated carbocycles. The smallest absolute Gasteiger partial charge is 0.396 e. The zero-order valence-electron chi connectivity index (χ0n) is 49.9. The molecule has 10 N–H and O–H groups in total. The van der Waals surface area contributed by atoms with Gasteiger partial charge in [-0.25, -0.2) is 4.98 Å². The molecule has 3 aromatic carbocycles. The molecule has 24 nitrogen and oxygen atoms in total. The lowest BCUT2D eigenvalue weighted by molar-refractivity contribution is -0.145. The number of aryl methyl sites for hydroxylation is 2. The van der Waals surface area contributed by atoms with Gasteiger partial charge >= 0.3 is 7.60 Å². The van der Waals surface area contributed by atoms with Gasteiger partial charge in [-0.3, -0.25) is 47.7 Å². The Labute approximate surface area is 518 Å². The molecule has 88 heavy (non-hydrogen) atoms. The number of hydrogen-bond acceptors (Lipinski definition) is 14. The van der Waals surface area contributed by atoms with Gasteiger partial charge in [-0.05, 0) is 111 Å². The summed E-state index contributed by atoms with van der Waals surface area (Å²) < 4.78 is 17.8. The van der Waals surface area contributed by atoms with Crippen LogP contribution in [0.1, 0.15) is 136 Å². The van der Waals surface area contributed by atoms with E-state index in [4.69, 9.17) is 22.1 Å². The van der Waals surface area contributed by atoms with E-state index in [1.807, 2.05) is 65.0 Å². The van der Waals surface area contributed by atoms with Gasteiger partial charge in [0.05, 0.1) is 39.3 Å². The van der Waals surface area contributed by atoms with Crippen molar-refractivity contribution in [2.45, 2.75) is 154 Å². The highest BCUT2D eigenvalue weighted by atomic mass is 35.5. The Bertz CT molecular complexity index is 3510. The van der Waals surface area contributed by atoms with Crippen LogP contribution in [0, 0.1) is 12.3 Å². The van der Waals surface area contributed by atoms with Crippen molar-refractivity contribution in [1.82, 2.24) is 45.9 Å². The normalized spacial score (nSPS) is 19.9. The fourth-order valence-electron chi connectivity index (χ4n) is 11.5. The summed E-state index contributed by atoms with van der Waals surface area (Å²) in [5, 5.41) is 22.9. The second-order valence-electron chi connectivity index (χ2n) is 23.9. The molecule has 8 rings (SSSR count). The third-order valence-electron chi connectivity index (χ3n) is 16.3. The van der Waals surface area contributed by atoms with Crippen LogP contribution in [0.3, 0.4) is 0 Å². The summed E-state index contributed by atoms with van der Waals surface area (Å²) in [6.45, 7) is 10.4. The van der Waals surface area contributed by atoms with Crippen LogP contribution >= 0.6 is 30.5 Å². The van der Waals surface area contributed by atoms with Gasteiger partial charge in [0, 0.05) is 68.3 Å². The monoisotopic (exact) mass is 1270 g/mol. The summed E-state index contributed by atoms with van der Waals surface area (Å²) >= 11 is 8.46. The van der Waals surface area contributed by atoms with E-state index in [2.05, 4.69) is 31.2 Å². The molecule has 0 spiro atoms. The zero-order chi connectivity index (χ0) is 63.9. The van der Waals surface area contributed by atoms with Crippen LogP contribution < -0.4 is 31.7 Å². The first-order valence-corrected chi connectivity index (χ1v) is 32.1. The molecule has 3 saturated heterocycles. The Hall–Kier alpha value is -7.54. The van der Waals surface area contributed by atoms with Crippen molar-refractivity contribution in [1.29, 1.82) is 0 Å². The average molecular weight is 1270 g/mol. The maximum Gasteiger partial charge on any atom is 0.396 e. The molecule has 1 unspecified atom stereocenters. The number of amides is 8. The topological polar surface area (TPSA) is 353 Å². The first-order valence-electron chi connectivity index (χ1n) is 29.3. The van der Waals surface area contributed by atoms with Gasteiger partial charge < -0.3 is 66.3 Å². The number of nitrogens with zero attached hydrogens (tertiary/aromatic N) is 4. The Kier molecular flexibility index (Phi) is 21.4. The third kappa shape index (κ3) is 16.2. The van der Waals surface area contributed by atoms with Crippen molar-refractivity contribution in [2.75, 3.05) is 26.2 Å². The summed E-state index contributed by atoms with van der Waals surface area (Å²) in [5.74, 6) is -3.86. The minimum Gasteiger partial charge on any atom is -0.490 e. The minimum absolute atomic E-state index is 0.0441. The van der Waals surface area contributed by atoms with E-state index in [1.54, 1.807) is 29.0 Å². The first-order chi connectivity index (χ1) is 41.6. The van der Waals surface area contributed by atoms with Gasteiger partial charge in [0.15, 0.2) is 0 Å². The van der Waals surface area contributed by atoms with Crippen LogP contribution in [-0.2, 0) is 44.5 Å². The Morgan fingerprint density at radius 3 is 2.32 bits per heavy atom. The Morgan fingerprint density at radius 1 is 0.920 bits per heavy atom. The molecule has 3 fully saturated rings. The van der Waals surface area contributed by atoms with Crippen LogP contribution in [0.15, 0.2) is 72.2 Å². The number of carbonyl (C=O) groups is 9. The quantitative estimate of drug-likeness (QED) is 0.0300. The number of rotatable bonds is 23. The highest BCUT2D eigenvalue weighted by Crippen LogP contribution is 2.40. The van der Waals surface area contributed by atoms with Gasteiger partial charge in [-0.15, -0.1) is 11.3 Å². The maximum absolute atomic E-state index is 14.6. The number of benzene rings is 3. The minimum atomic E-state index is -5.10. The lowest BCUT2D eigenvalue weighted by atomic mass is 9.85. The number of carbonyl (C=O) groups excluding carboxylic acids is 9. The summed E-state index contributed by atoms with van der Waals surface area (Å²) in [6, 6.07) is 12.2. The van der Waals surface area contributed by atoms with Crippen molar-refractivity contribution >= 4 is 94.2 Å². The lowest BCUT2D eigenvalue weighted by Crippen LogP contribution is -2.61. The number of primary amides is 1. The molecular formula is C61H76ClN10O14PS. The summed E-state index contributed by atoms with van der Waals surface area (Å²) in [7, 11) is -5.10. The number of ether oxygens (including phenoxy) is 1. The van der Waals surface area contributed by atoms with Crippen LogP contribution in [0.25, 0.3) is 21.3 Å². The fourth-order valence-corrected chi connectivity index (χ4v) is 13.1. The molecule has 5 heterocycles. The fraction of sp³-hybridized carbons (Fsp3) is 0.475. The number of H-pyrrole nitrogens is 1. The Morgan fingerprint density at radius 2 is 1.65 bits per heavy atom. The standard InChI is InChI=1S/C61H76ClN10O14PS/c1-33(36-14-16-38(17-15-36)53-34(2)64-32-88-53)65-57(79)48-28-43(74)29-71(48)59(81)54(61(4,5)6)69-51(76)13-8-7-10-37-11-9-12-49(52(37)62)86-31-41(19-23-50(63)75)66-56(78)47-22-20-42-24-25-70(35(3)73)30-46(58(80)72(42)47)68-55(77)45-27-40-26-39(18-21-44(40)67-45)60(82)87(83,84)85/h9,11-12,14-18,21,26-27,32-33,41-43,46-48,54,67,74H,7-8,10,13,19-20,22-25,28-31H2,1-6H3,(H2,63,75)(H,65,79)(H,66,78)(H,68,77)(H,69,76)(H2,83,84,85)/t33-,41-,42+,43+,46?,47-,48-,54+/m0/s1. The van der Waals surface area contributed by atoms with Gasteiger partial charge in [-0.1, -0.05) is 68.8 Å². The van der Waals surface area contributed by atoms with Crippen molar-refractivity contribution in [2.24, 2.45) is 11.1 Å². The van der Waals surface area contributed by atoms with E-state index >= 15 is 0 Å². The van der Waals surface area contributed by atoms with Gasteiger partial charge in [0.2, 0.25) is 41.4 Å². The van der Waals surface area contributed by atoms with E-state index in [9.17, 15) is 62.6 Å². The molecule has 0 aliphatic carbocycles. The number of nitrogens with two attached hydrogens (primary N) is 1.